The van der Waals surface area contributed by atoms with Gasteiger partial charge in [0.15, 0.2) is 0 Å². The lowest BCUT2D eigenvalue weighted by Gasteiger charge is -2.07. The maximum atomic E-state index is 12.0. The molecule has 2 rings (SSSR count). The first-order valence-electron chi connectivity index (χ1n) is 5.08. The van der Waals surface area contributed by atoms with Crippen LogP contribution in [0.4, 0.5) is 5.69 Å². The highest BCUT2D eigenvalue weighted by atomic mass is 127. The maximum Gasteiger partial charge on any atom is 0.255 e. The summed E-state index contributed by atoms with van der Waals surface area (Å²) in [7, 11) is 0. The molecule has 1 amide bonds. The first kappa shape index (κ1) is 14.1. The van der Waals surface area contributed by atoms with Gasteiger partial charge in [0, 0.05) is 17.7 Å². The zero-order valence-electron chi connectivity index (χ0n) is 9.08. The molecule has 18 heavy (non-hydrogen) atoms. The SMILES string of the molecule is O=C(Nc1ccc(Cl)cc1I)c1ccc(I)cc1. The van der Waals surface area contributed by atoms with Crippen molar-refractivity contribution in [3.63, 3.8) is 0 Å². The molecule has 0 bridgehead atoms. The third kappa shape index (κ3) is 3.58. The van der Waals surface area contributed by atoms with E-state index in [1.807, 2.05) is 18.2 Å². The summed E-state index contributed by atoms with van der Waals surface area (Å²) in [5.74, 6) is -0.119. The van der Waals surface area contributed by atoms with E-state index >= 15 is 0 Å². The Labute approximate surface area is 137 Å². The number of anilines is 1. The predicted octanol–water partition coefficient (Wildman–Crippen LogP) is 4.80. The Morgan fingerprint density at radius 1 is 1.06 bits per heavy atom. The summed E-state index contributed by atoms with van der Waals surface area (Å²) in [5.41, 5.74) is 1.41. The summed E-state index contributed by atoms with van der Waals surface area (Å²) in [4.78, 5) is 12.0. The summed E-state index contributed by atoms with van der Waals surface area (Å²) in [6.07, 6.45) is 0. The monoisotopic (exact) mass is 483 g/mol. The average Bonchev–Trinajstić information content (AvgIpc) is 2.33. The van der Waals surface area contributed by atoms with Gasteiger partial charge in [-0.3, -0.25) is 4.79 Å². The van der Waals surface area contributed by atoms with Crippen LogP contribution < -0.4 is 5.32 Å². The van der Waals surface area contributed by atoms with Crippen molar-refractivity contribution in [1.29, 1.82) is 0 Å². The topological polar surface area (TPSA) is 29.1 Å². The van der Waals surface area contributed by atoms with Crippen LogP contribution in [0.5, 0.6) is 0 Å². The molecule has 0 fully saturated rings. The van der Waals surface area contributed by atoms with Crippen LogP contribution >= 0.6 is 56.8 Å². The minimum absolute atomic E-state index is 0.119. The van der Waals surface area contributed by atoms with Crippen LogP contribution in [-0.2, 0) is 0 Å². The quantitative estimate of drug-likeness (QED) is 0.611. The molecule has 0 radical (unpaired) electrons. The molecule has 0 unspecified atom stereocenters. The number of carbonyl (C=O) groups is 1. The van der Waals surface area contributed by atoms with E-state index < -0.39 is 0 Å². The highest BCUT2D eigenvalue weighted by molar-refractivity contribution is 14.1. The molecular formula is C13H8ClI2NO. The number of benzene rings is 2. The van der Waals surface area contributed by atoms with Gasteiger partial charge in [-0.1, -0.05) is 11.6 Å². The van der Waals surface area contributed by atoms with Crippen LogP contribution in [0, 0.1) is 7.14 Å². The molecule has 0 heterocycles. The molecule has 1 N–H and O–H groups in total. The van der Waals surface area contributed by atoms with Crippen LogP contribution in [0.15, 0.2) is 42.5 Å². The average molecular weight is 483 g/mol. The van der Waals surface area contributed by atoms with E-state index in [1.165, 1.54) is 0 Å². The van der Waals surface area contributed by atoms with Gasteiger partial charge in [0.1, 0.15) is 0 Å². The number of hydrogen-bond donors (Lipinski definition) is 1. The van der Waals surface area contributed by atoms with Crippen LogP contribution in [0.2, 0.25) is 5.02 Å². The van der Waals surface area contributed by atoms with E-state index in [1.54, 1.807) is 24.3 Å². The second-order valence-corrected chi connectivity index (χ2v) is 6.43. The molecule has 92 valence electrons. The normalized spacial score (nSPS) is 10.2. The number of carbonyl (C=O) groups excluding carboxylic acids is 1. The molecule has 2 aromatic carbocycles. The molecule has 0 aliphatic rings. The summed E-state index contributed by atoms with van der Waals surface area (Å²) in [5, 5.41) is 3.52. The Morgan fingerprint density at radius 3 is 2.33 bits per heavy atom. The second-order valence-electron chi connectivity index (χ2n) is 3.59. The molecule has 0 aromatic heterocycles. The van der Waals surface area contributed by atoms with Gasteiger partial charge in [0.05, 0.1) is 5.69 Å². The molecule has 0 spiro atoms. The highest BCUT2D eigenvalue weighted by Gasteiger charge is 2.08. The largest absolute Gasteiger partial charge is 0.321 e. The molecule has 0 saturated heterocycles. The van der Waals surface area contributed by atoms with Crippen molar-refractivity contribution in [3.8, 4) is 0 Å². The zero-order valence-corrected chi connectivity index (χ0v) is 14.2. The Bertz CT molecular complexity index is 584. The van der Waals surface area contributed by atoms with Crippen molar-refractivity contribution in [2.24, 2.45) is 0 Å². The molecule has 0 atom stereocenters. The van der Waals surface area contributed by atoms with Crippen molar-refractivity contribution in [3.05, 3.63) is 60.2 Å². The van der Waals surface area contributed by atoms with Gasteiger partial charge in [-0.25, -0.2) is 0 Å². The van der Waals surface area contributed by atoms with Crippen molar-refractivity contribution in [1.82, 2.24) is 0 Å². The lowest BCUT2D eigenvalue weighted by molar-refractivity contribution is 0.102. The molecule has 2 nitrogen and oxygen atoms in total. The van der Waals surface area contributed by atoms with Crippen LogP contribution in [-0.4, -0.2) is 5.91 Å². The van der Waals surface area contributed by atoms with Gasteiger partial charge in [-0.15, -0.1) is 0 Å². The van der Waals surface area contributed by atoms with Crippen molar-refractivity contribution in [2.45, 2.75) is 0 Å². The molecule has 5 heteroatoms. The maximum absolute atomic E-state index is 12.0. The third-order valence-corrected chi connectivity index (χ3v) is 4.13. The summed E-state index contributed by atoms with van der Waals surface area (Å²) >= 11 is 10.2. The molecular weight excluding hydrogens is 475 g/mol. The van der Waals surface area contributed by atoms with E-state index in [0.29, 0.717) is 10.6 Å². The number of hydrogen-bond acceptors (Lipinski definition) is 1. The van der Waals surface area contributed by atoms with E-state index in [0.717, 1.165) is 12.8 Å². The standard InChI is InChI=1S/C13H8ClI2NO/c14-9-3-6-12(11(16)7-9)17-13(18)8-1-4-10(15)5-2-8/h1-7H,(H,17,18). The summed E-state index contributed by atoms with van der Waals surface area (Å²) in [6.45, 7) is 0. The summed E-state index contributed by atoms with van der Waals surface area (Å²) in [6, 6.07) is 12.8. The van der Waals surface area contributed by atoms with Gasteiger partial charge in [0.25, 0.3) is 5.91 Å². The lowest BCUT2D eigenvalue weighted by atomic mass is 10.2. The Hall–Kier alpha value is -0.340. The summed E-state index contributed by atoms with van der Waals surface area (Å²) < 4.78 is 2.02. The molecule has 0 aliphatic heterocycles. The minimum atomic E-state index is -0.119. The number of amides is 1. The van der Waals surface area contributed by atoms with Crippen molar-refractivity contribution < 1.29 is 4.79 Å². The fourth-order valence-corrected chi connectivity index (χ4v) is 2.75. The van der Waals surface area contributed by atoms with Gasteiger partial charge in [0.2, 0.25) is 0 Å². The first-order chi connectivity index (χ1) is 8.56. The van der Waals surface area contributed by atoms with E-state index in [9.17, 15) is 4.79 Å². The van der Waals surface area contributed by atoms with Gasteiger partial charge >= 0.3 is 0 Å². The molecule has 0 saturated carbocycles. The number of halogens is 3. The Balaban J connectivity index is 2.18. The number of nitrogens with one attached hydrogen (secondary N) is 1. The fourth-order valence-electron chi connectivity index (χ4n) is 1.39. The Morgan fingerprint density at radius 2 is 1.72 bits per heavy atom. The fraction of sp³-hybridized carbons (Fsp3) is 0. The van der Waals surface area contributed by atoms with Gasteiger partial charge in [-0.05, 0) is 87.6 Å². The molecule has 2 aromatic rings. The van der Waals surface area contributed by atoms with Gasteiger partial charge < -0.3 is 5.32 Å². The molecule has 0 aliphatic carbocycles. The number of rotatable bonds is 2. The van der Waals surface area contributed by atoms with Crippen molar-refractivity contribution in [2.75, 3.05) is 5.32 Å². The lowest BCUT2D eigenvalue weighted by Crippen LogP contribution is -2.12. The zero-order chi connectivity index (χ0) is 13.1. The van der Waals surface area contributed by atoms with E-state index in [-0.39, 0.29) is 5.91 Å². The predicted molar refractivity (Wildman–Crippen MR) is 91.3 cm³/mol. The smallest absolute Gasteiger partial charge is 0.255 e. The highest BCUT2D eigenvalue weighted by Crippen LogP contribution is 2.22. The minimum Gasteiger partial charge on any atom is -0.321 e. The third-order valence-electron chi connectivity index (χ3n) is 2.29. The van der Waals surface area contributed by atoms with Gasteiger partial charge in [-0.2, -0.15) is 0 Å². The second kappa shape index (κ2) is 6.21. The Kier molecular flexibility index (Phi) is 4.85. The van der Waals surface area contributed by atoms with Crippen LogP contribution in [0.1, 0.15) is 10.4 Å². The first-order valence-corrected chi connectivity index (χ1v) is 7.62. The van der Waals surface area contributed by atoms with Crippen LogP contribution in [0.25, 0.3) is 0 Å². The van der Waals surface area contributed by atoms with Crippen LogP contribution in [0.3, 0.4) is 0 Å². The van der Waals surface area contributed by atoms with Crippen molar-refractivity contribution >= 4 is 68.4 Å². The van der Waals surface area contributed by atoms with E-state index in [4.69, 9.17) is 11.6 Å². The van der Waals surface area contributed by atoms with E-state index in [2.05, 4.69) is 50.5 Å².